The van der Waals surface area contributed by atoms with Crippen LogP contribution in [-0.4, -0.2) is 62.9 Å². The summed E-state index contributed by atoms with van der Waals surface area (Å²) in [5.74, 6) is -0.00671. The van der Waals surface area contributed by atoms with Gasteiger partial charge in [-0.05, 0) is 104 Å². The average Bonchev–Trinajstić information content (AvgIpc) is 4.00. The Labute approximate surface area is 327 Å². The van der Waals surface area contributed by atoms with E-state index in [-0.39, 0.29) is 66.5 Å². The minimum absolute atomic E-state index is 0. The van der Waals surface area contributed by atoms with E-state index >= 15 is 0 Å². The summed E-state index contributed by atoms with van der Waals surface area (Å²) in [7, 11) is 1.68. The Morgan fingerprint density at radius 1 is 0.920 bits per heavy atom. The molecule has 0 heterocycles. The number of carboxylic acid groups (broad SMARTS) is 1. The quantitative estimate of drug-likeness (QED) is 0.139. The molecule has 3 atom stereocenters. The van der Waals surface area contributed by atoms with Gasteiger partial charge in [0, 0.05) is 50.7 Å². The molecule has 0 aliphatic heterocycles. The summed E-state index contributed by atoms with van der Waals surface area (Å²) in [5, 5.41) is 12.1. The molecule has 3 unspecified atom stereocenters. The Kier molecular flexibility index (Phi) is 15.6. The minimum atomic E-state index is -1.02. The zero-order valence-electron chi connectivity index (χ0n) is 29.1. The van der Waals surface area contributed by atoms with Gasteiger partial charge in [-0.25, -0.2) is 0 Å². The van der Waals surface area contributed by atoms with Crippen LogP contribution < -0.4 is 54.6 Å². The summed E-state index contributed by atoms with van der Waals surface area (Å²) < 4.78 is 22.9. The van der Waals surface area contributed by atoms with E-state index in [4.69, 9.17) is 47.9 Å². The first-order chi connectivity index (χ1) is 23.6. The van der Waals surface area contributed by atoms with Crippen molar-refractivity contribution in [3.8, 4) is 17.2 Å². The maximum absolute atomic E-state index is 14.0. The van der Waals surface area contributed by atoms with Crippen LogP contribution in [0.4, 0.5) is 0 Å². The number of halogens is 2. The van der Waals surface area contributed by atoms with E-state index in [1.807, 2.05) is 48.2 Å². The van der Waals surface area contributed by atoms with Crippen molar-refractivity contribution in [3.63, 3.8) is 0 Å². The van der Waals surface area contributed by atoms with Gasteiger partial charge in [0.2, 0.25) is 5.91 Å². The van der Waals surface area contributed by atoms with Crippen molar-refractivity contribution in [1.29, 1.82) is 0 Å². The average molecular weight is 736 g/mol. The molecule has 0 aromatic heterocycles. The molecule has 0 bridgehead atoms. The van der Waals surface area contributed by atoms with Gasteiger partial charge in [0.15, 0.2) is 5.75 Å². The number of aliphatic carboxylic acids is 1. The fourth-order valence-electron chi connectivity index (χ4n) is 6.00. The summed E-state index contributed by atoms with van der Waals surface area (Å²) in [6.45, 7) is 4.15. The van der Waals surface area contributed by atoms with E-state index in [0.29, 0.717) is 66.5 Å². The van der Waals surface area contributed by atoms with Crippen LogP contribution >= 0.6 is 23.2 Å². The molecule has 2 aliphatic carbocycles. The van der Waals surface area contributed by atoms with E-state index < -0.39 is 11.9 Å². The number of methoxy groups -OCH3 is 1. The van der Waals surface area contributed by atoms with Crippen molar-refractivity contribution in [2.24, 2.45) is 23.5 Å². The monoisotopic (exact) mass is 734 g/mol. The molecule has 50 heavy (non-hydrogen) atoms. The molecule has 12 heteroatoms. The summed E-state index contributed by atoms with van der Waals surface area (Å²) in [6.07, 6.45) is 4.67. The number of aryl methyl sites for hydroxylation is 2. The number of rotatable bonds is 20. The molecule has 3 aromatic carbocycles. The molecule has 9 nitrogen and oxygen atoms in total. The number of amides is 1. The number of carbonyl (C=O) groups is 2. The van der Waals surface area contributed by atoms with Gasteiger partial charge < -0.3 is 39.5 Å². The zero-order valence-corrected chi connectivity index (χ0v) is 32.6. The number of carboxylic acids is 1. The van der Waals surface area contributed by atoms with Gasteiger partial charge in [-0.15, -0.1) is 0 Å². The second kappa shape index (κ2) is 19.4. The molecular weight excluding hydrogens is 690 g/mol. The van der Waals surface area contributed by atoms with E-state index in [1.165, 1.54) is 0 Å². The number of benzene rings is 3. The van der Waals surface area contributed by atoms with Gasteiger partial charge in [-0.3, -0.25) is 4.79 Å². The molecule has 0 spiro atoms. The minimum Gasteiger partial charge on any atom is -0.550 e. The smallest absolute Gasteiger partial charge is 0.550 e. The summed E-state index contributed by atoms with van der Waals surface area (Å²) >= 11 is 12.5. The summed E-state index contributed by atoms with van der Waals surface area (Å²) in [5.41, 5.74) is 10.2. The first-order valence-corrected chi connectivity index (χ1v) is 17.7. The molecule has 0 radical (unpaired) electrons. The molecule has 264 valence electrons. The van der Waals surface area contributed by atoms with E-state index in [0.717, 1.165) is 47.9 Å². The van der Waals surface area contributed by atoms with E-state index in [9.17, 15) is 14.7 Å². The fraction of sp³-hybridized carbons (Fsp3) is 0.474. The van der Waals surface area contributed by atoms with Gasteiger partial charge in [0.1, 0.15) is 24.7 Å². The first-order valence-electron chi connectivity index (χ1n) is 16.9. The van der Waals surface area contributed by atoms with Gasteiger partial charge in [-0.1, -0.05) is 41.4 Å². The molecule has 2 N–H and O–H groups in total. The van der Waals surface area contributed by atoms with Crippen LogP contribution in [0.25, 0.3) is 0 Å². The van der Waals surface area contributed by atoms with Crippen LogP contribution in [0.2, 0.25) is 10.0 Å². The van der Waals surface area contributed by atoms with E-state index in [1.54, 1.807) is 19.2 Å². The molecule has 1 amide bonds. The van der Waals surface area contributed by atoms with Crippen molar-refractivity contribution in [2.45, 2.75) is 58.0 Å². The Morgan fingerprint density at radius 2 is 1.60 bits per heavy atom. The van der Waals surface area contributed by atoms with Gasteiger partial charge in [0.25, 0.3) is 0 Å². The first kappa shape index (κ1) is 40.3. The standard InChI is InChI=1S/C38H46Cl2N2O7.Na/c1-24-14-34(39)36(35(40)15-24)48-13-12-47-31-9-5-25(6-10-31)17-28(21-41)37(43)42(30-7-8-30)22-27-16-26(4-3-11-46-2)18-32(19-27)49-23-29-20-33(29)38(44)45;/h5-6,9-10,14-16,18-19,28-30,33H,3-4,7-8,11-13,17,20-23,41H2,1-2H3,(H,44,45);/q;+1/p-1. The van der Waals surface area contributed by atoms with Crippen LogP contribution in [0.5, 0.6) is 17.2 Å². The maximum Gasteiger partial charge on any atom is 1.00 e. The third-order valence-corrected chi connectivity index (χ3v) is 9.49. The van der Waals surface area contributed by atoms with Crippen LogP contribution in [0.3, 0.4) is 0 Å². The van der Waals surface area contributed by atoms with Gasteiger partial charge in [-0.2, -0.15) is 0 Å². The molecule has 2 saturated carbocycles. The topological polar surface area (TPSA) is 123 Å². The number of nitrogens with two attached hydrogens (primary N) is 1. The summed E-state index contributed by atoms with van der Waals surface area (Å²) in [4.78, 5) is 27.1. The number of nitrogens with zero attached hydrogens (tertiary/aromatic N) is 1. The zero-order chi connectivity index (χ0) is 34.9. The Hall–Kier alpha value is -2.50. The second-order valence-electron chi connectivity index (χ2n) is 13.0. The Bertz CT molecular complexity index is 1560. The van der Waals surface area contributed by atoms with Crippen molar-refractivity contribution < 1.29 is 63.2 Å². The predicted molar refractivity (Wildman–Crippen MR) is 187 cm³/mol. The van der Waals surface area contributed by atoms with Crippen molar-refractivity contribution in [2.75, 3.05) is 40.1 Å². The van der Waals surface area contributed by atoms with E-state index in [2.05, 4.69) is 6.07 Å². The Morgan fingerprint density at radius 3 is 2.22 bits per heavy atom. The van der Waals surface area contributed by atoms with Crippen LogP contribution in [-0.2, 0) is 33.7 Å². The summed E-state index contributed by atoms with van der Waals surface area (Å²) in [6, 6.07) is 17.5. The third-order valence-electron chi connectivity index (χ3n) is 8.93. The molecule has 5 rings (SSSR count). The molecule has 2 aliphatic rings. The number of ether oxygens (including phenoxy) is 4. The van der Waals surface area contributed by atoms with Crippen molar-refractivity contribution in [1.82, 2.24) is 4.90 Å². The van der Waals surface area contributed by atoms with Gasteiger partial charge in [0.05, 0.1) is 22.6 Å². The Balaban J connectivity index is 0.00000562. The number of carbonyl (C=O) groups excluding carboxylic acids is 2. The molecule has 2 fully saturated rings. The largest absolute Gasteiger partial charge is 1.00 e. The molecular formula is C38H45Cl2N2NaO7. The normalized spacial score (nSPS) is 17.0. The van der Waals surface area contributed by atoms with Crippen LogP contribution in [0, 0.1) is 24.7 Å². The van der Waals surface area contributed by atoms with Crippen molar-refractivity contribution >= 4 is 35.1 Å². The van der Waals surface area contributed by atoms with Crippen LogP contribution in [0.1, 0.15) is 47.9 Å². The van der Waals surface area contributed by atoms with Crippen molar-refractivity contribution in [3.05, 3.63) is 86.9 Å². The second-order valence-corrected chi connectivity index (χ2v) is 13.9. The maximum atomic E-state index is 14.0. The number of hydrogen-bond donors (Lipinski definition) is 1. The SMILES string of the molecule is COCCCc1cc(CN(C(=O)C(CN)Cc2ccc(OCCOc3c(Cl)cc(C)cc3Cl)cc2)C2CC2)cc(OCC2CC2C(=O)[O-])c1.[Na+]. The van der Waals surface area contributed by atoms with Crippen LogP contribution in [0.15, 0.2) is 54.6 Å². The van der Waals surface area contributed by atoms with Gasteiger partial charge >= 0.3 is 29.6 Å². The fourth-order valence-corrected chi connectivity index (χ4v) is 6.71. The molecule has 0 saturated heterocycles. The third kappa shape index (κ3) is 11.8. The molecule has 3 aromatic rings. The predicted octanol–water partition coefficient (Wildman–Crippen LogP) is 2.42. The number of hydrogen-bond acceptors (Lipinski definition) is 8.